The van der Waals surface area contributed by atoms with Gasteiger partial charge in [-0.2, -0.15) is 0 Å². The summed E-state index contributed by atoms with van der Waals surface area (Å²) < 4.78 is 0. The van der Waals surface area contributed by atoms with Gasteiger partial charge in [-0.3, -0.25) is 0 Å². The van der Waals surface area contributed by atoms with Gasteiger partial charge in [-0.05, 0) is 24.3 Å². The van der Waals surface area contributed by atoms with E-state index < -0.39 is 0 Å². The molecular weight excluding hydrogens is 176 g/mol. The van der Waals surface area contributed by atoms with Crippen LogP contribution in [0.25, 0.3) is 0 Å². The Morgan fingerprint density at radius 3 is 2.57 bits per heavy atom. The Bertz CT molecular complexity index is 177. The maximum atomic E-state index is 8.87. The number of hydrogen-bond donors (Lipinski definition) is 2. The summed E-state index contributed by atoms with van der Waals surface area (Å²) in [6.07, 6.45) is 1.27. The first-order valence-electron chi connectivity index (χ1n) is 5.52. The fraction of sp³-hybridized carbons (Fsp3) is 1.00. The third kappa shape index (κ3) is 3.23. The lowest BCUT2D eigenvalue weighted by Crippen LogP contribution is -2.39. The van der Waals surface area contributed by atoms with Gasteiger partial charge in [0.1, 0.15) is 0 Å². The second-order valence-electron chi connectivity index (χ2n) is 5.55. The van der Waals surface area contributed by atoms with Crippen molar-refractivity contribution >= 4 is 0 Å². The van der Waals surface area contributed by atoms with E-state index in [0.29, 0.717) is 5.41 Å². The van der Waals surface area contributed by atoms with Gasteiger partial charge in [0.05, 0.1) is 6.61 Å². The lowest BCUT2D eigenvalue weighted by atomic mass is 9.80. The van der Waals surface area contributed by atoms with Crippen molar-refractivity contribution in [3.8, 4) is 0 Å². The van der Waals surface area contributed by atoms with Gasteiger partial charge >= 0.3 is 0 Å². The average Bonchev–Trinajstić information content (AvgIpc) is 2.51. The fourth-order valence-electron chi connectivity index (χ4n) is 2.09. The quantitative estimate of drug-likeness (QED) is 0.704. The topological polar surface area (TPSA) is 49.5 Å². The molecule has 0 bridgehead atoms. The van der Waals surface area contributed by atoms with Crippen LogP contribution in [0.15, 0.2) is 0 Å². The van der Waals surface area contributed by atoms with Crippen LogP contribution in [-0.4, -0.2) is 42.3 Å². The molecule has 0 aromatic carbocycles. The first-order valence-corrected chi connectivity index (χ1v) is 5.52. The first kappa shape index (κ1) is 12.0. The average molecular weight is 200 g/mol. The van der Waals surface area contributed by atoms with E-state index in [1.807, 2.05) is 0 Å². The molecule has 0 saturated carbocycles. The second kappa shape index (κ2) is 4.60. The van der Waals surface area contributed by atoms with E-state index in [9.17, 15) is 0 Å². The molecule has 3 N–H and O–H groups in total. The standard InChI is InChI=1S/C11H24N2O/c1-11(2,3)9-4-5-13(6-9)7-10(12)8-14/h9-10,14H,4-8,12H2,1-3H3. The Morgan fingerprint density at radius 1 is 1.50 bits per heavy atom. The molecule has 0 aromatic rings. The summed E-state index contributed by atoms with van der Waals surface area (Å²) in [5, 5.41) is 8.87. The smallest absolute Gasteiger partial charge is 0.0595 e. The van der Waals surface area contributed by atoms with Crippen molar-refractivity contribution in [1.29, 1.82) is 0 Å². The fourth-order valence-corrected chi connectivity index (χ4v) is 2.09. The molecule has 1 aliphatic heterocycles. The molecule has 1 saturated heterocycles. The minimum absolute atomic E-state index is 0.0753. The highest BCUT2D eigenvalue weighted by Crippen LogP contribution is 2.33. The molecule has 1 aliphatic rings. The van der Waals surface area contributed by atoms with Crippen molar-refractivity contribution in [3.63, 3.8) is 0 Å². The molecule has 0 radical (unpaired) electrons. The number of hydrogen-bond acceptors (Lipinski definition) is 3. The zero-order valence-corrected chi connectivity index (χ0v) is 9.66. The number of rotatable bonds is 3. The summed E-state index contributed by atoms with van der Waals surface area (Å²) in [7, 11) is 0. The predicted octanol–water partition coefficient (Wildman–Crippen LogP) is 0.674. The van der Waals surface area contributed by atoms with Gasteiger partial charge in [0.15, 0.2) is 0 Å². The maximum absolute atomic E-state index is 8.87. The lowest BCUT2D eigenvalue weighted by Gasteiger charge is -2.27. The van der Waals surface area contributed by atoms with E-state index in [1.54, 1.807) is 0 Å². The molecule has 14 heavy (non-hydrogen) atoms. The zero-order chi connectivity index (χ0) is 10.8. The van der Waals surface area contributed by atoms with E-state index in [4.69, 9.17) is 10.8 Å². The molecule has 0 aromatic heterocycles. The Hall–Kier alpha value is -0.120. The highest BCUT2D eigenvalue weighted by Gasteiger charge is 2.31. The highest BCUT2D eigenvalue weighted by molar-refractivity contribution is 4.85. The Kier molecular flexibility index (Phi) is 3.93. The number of aliphatic hydroxyl groups is 1. The van der Waals surface area contributed by atoms with Crippen molar-refractivity contribution in [2.45, 2.75) is 33.2 Å². The van der Waals surface area contributed by atoms with Crippen LogP contribution in [0.1, 0.15) is 27.2 Å². The van der Waals surface area contributed by atoms with Crippen molar-refractivity contribution < 1.29 is 5.11 Å². The van der Waals surface area contributed by atoms with E-state index in [0.717, 1.165) is 25.6 Å². The monoisotopic (exact) mass is 200 g/mol. The number of nitrogens with two attached hydrogens (primary N) is 1. The zero-order valence-electron chi connectivity index (χ0n) is 9.66. The Labute approximate surface area is 87.3 Å². The Balaban J connectivity index is 2.34. The van der Waals surface area contributed by atoms with Gasteiger partial charge in [-0.15, -0.1) is 0 Å². The van der Waals surface area contributed by atoms with E-state index in [-0.39, 0.29) is 12.6 Å². The van der Waals surface area contributed by atoms with E-state index in [1.165, 1.54) is 6.42 Å². The summed E-state index contributed by atoms with van der Waals surface area (Å²) in [6.45, 7) is 10.1. The molecule has 1 fully saturated rings. The van der Waals surface area contributed by atoms with Crippen LogP contribution in [0.5, 0.6) is 0 Å². The summed E-state index contributed by atoms with van der Waals surface area (Å²) >= 11 is 0. The molecule has 0 spiro atoms. The third-order valence-electron chi connectivity index (χ3n) is 3.22. The van der Waals surface area contributed by atoms with Gasteiger partial charge in [0.2, 0.25) is 0 Å². The summed E-state index contributed by atoms with van der Waals surface area (Å²) in [6, 6.07) is -0.0753. The van der Waals surface area contributed by atoms with Crippen LogP contribution >= 0.6 is 0 Å². The molecular formula is C11H24N2O. The minimum atomic E-state index is -0.0753. The molecule has 2 unspecified atom stereocenters. The predicted molar refractivity (Wildman–Crippen MR) is 59.1 cm³/mol. The van der Waals surface area contributed by atoms with Crippen molar-refractivity contribution in [2.75, 3.05) is 26.2 Å². The second-order valence-corrected chi connectivity index (χ2v) is 5.55. The van der Waals surface area contributed by atoms with Crippen LogP contribution in [0, 0.1) is 11.3 Å². The van der Waals surface area contributed by atoms with Crippen LogP contribution < -0.4 is 5.73 Å². The van der Waals surface area contributed by atoms with E-state index in [2.05, 4.69) is 25.7 Å². The van der Waals surface area contributed by atoms with Gasteiger partial charge in [0.25, 0.3) is 0 Å². The number of aliphatic hydroxyl groups excluding tert-OH is 1. The van der Waals surface area contributed by atoms with Crippen LogP contribution in [0.4, 0.5) is 0 Å². The van der Waals surface area contributed by atoms with Crippen LogP contribution in [0.3, 0.4) is 0 Å². The molecule has 3 nitrogen and oxygen atoms in total. The van der Waals surface area contributed by atoms with Gasteiger partial charge in [-0.1, -0.05) is 20.8 Å². The highest BCUT2D eigenvalue weighted by atomic mass is 16.3. The van der Waals surface area contributed by atoms with Crippen LogP contribution in [0.2, 0.25) is 0 Å². The van der Waals surface area contributed by atoms with Gasteiger partial charge < -0.3 is 15.7 Å². The molecule has 1 heterocycles. The number of nitrogens with zero attached hydrogens (tertiary/aromatic N) is 1. The summed E-state index contributed by atoms with van der Waals surface area (Å²) in [4.78, 5) is 2.37. The maximum Gasteiger partial charge on any atom is 0.0595 e. The summed E-state index contributed by atoms with van der Waals surface area (Å²) in [5.74, 6) is 0.772. The van der Waals surface area contributed by atoms with Gasteiger partial charge in [0, 0.05) is 19.1 Å². The normalized spacial score (nSPS) is 26.8. The first-order chi connectivity index (χ1) is 6.43. The largest absolute Gasteiger partial charge is 0.395 e. The summed E-state index contributed by atoms with van der Waals surface area (Å²) in [5.41, 5.74) is 6.12. The van der Waals surface area contributed by atoms with Crippen molar-refractivity contribution in [1.82, 2.24) is 4.90 Å². The molecule has 0 aliphatic carbocycles. The molecule has 84 valence electrons. The molecule has 0 amide bonds. The Morgan fingerprint density at radius 2 is 2.14 bits per heavy atom. The third-order valence-corrected chi connectivity index (χ3v) is 3.22. The molecule has 2 atom stereocenters. The van der Waals surface area contributed by atoms with Gasteiger partial charge in [-0.25, -0.2) is 0 Å². The molecule has 1 rings (SSSR count). The minimum Gasteiger partial charge on any atom is -0.395 e. The SMILES string of the molecule is CC(C)(C)C1CCN(CC(N)CO)C1. The van der Waals surface area contributed by atoms with Crippen molar-refractivity contribution in [3.05, 3.63) is 0 Å². The number of likely N-dealkylation sites (tertiary alicyclic amines) is 1. The van der Waals surface area contributed by atoms with Crippen LogP contribution in [-0.2, 0) is 0 Å². The molecule has 3 heteroatoms. The lowest BCUT2D eigenvalue weighted by molar-refractivity contribution is 0.198. The van der Waals surface area contributed by atoms with Crippen molar-refractivity contribution in [2.24, 2.45) is 17.1 Å². The van der Waals surface area contributed by atoms with E-state index >= 15 is 0 Å².